The molecule has 3 rings (SSSR count). The monoisotopic (exact) mass is 330 g/mol. The van der Waals surface area contributed by atoms with Gasteiger partial charge in [0.1, 0.15) is 17.7 Å². The number of aryl methyl sites for hydroxylation is 1. The zero-order chi connectivity index (χ0) is 16.2. The minimum absolute atomic E-state index is 0.551. The molecule has 0 radical (unpaired) electrons. The molecule has 1 N–H and O–H groups in total. The number of ether oxygens (including phenoxy) is 1. The lowest BCUT2D eigenvalue weighted by Gasteiger charge is -2.12. The van der Waals surface area contributed by atoms with E-state index in [0.29, 0.717) is 23.2 Å². The number of fused-ring (bicyclic) bond motifs is 1. The van der Waals surface area contributed by atoms with Gasteiger partial charge in [0, 0.05) is 6.54 Å². The molecule has 1 heterocycles. The Morgan fingerprint density at radius 2 is 1.91 bits per heavy atom. The fourth-order valence-electron chi connectivity index (χ4n) is 2.61. The van der Waals surface area contributed by atoms with E-state index in [1.165, 1.54) is 0 Å². The van der Waals surface area contributed by atoms with Gasteiger partial charge in [-0.2, -0.15) is 0 Å². The van der Waals surface area contributed by atoms with E-state index in [4.69, 9.17) is 16.3 Å². The Kier molecular flexibility index (Phi) is 4.84. The highest BCUT2D eigenvalue weighted by Gasteiger charge is 2.14. The first-order valence-corrected chi connectivity index (χ1v) is 8.05. The molecule has 0 fully saturated rings. The number of hydrogen-bond donors (Lipinski definition) is 1. The van der Waals surface area contributed by atoms with Crippen LogP contribution in [0.15, 0.2) is 48.5 Å². The fourth-order valence-corrected chi connectivity index (χ4v) is 2.80. The van der Waals surface area contributed by atoms with Gasteiger partial charge in [-0.25, -0.2) is 4.98 Å². The lowest BCUT2D eigenvalue weighted by atomic mass is 10.3. The van der Waals surface area contributed by atoms with Gasteiger partial charge in [-0.1, -0.05) is 35.9 Å². The minimum atomic E-state index is -0.605. The van der Waals surface area contributed by atoms with Crippen LogP contribution in [0.4, 0.5) is 0 Å². The number of aliphatic hydroxyl groups excluding tert-OH is 1. The molecule has 23 heavy (non-hydrogen) atoms. The molecule has 1 aromatic heterocycles. The quantitative estimate of drug-likeness (QED) is 0.689. The van der Waals surface area contributed by atoms with Crippen molar-refractivity contribution in [1.29, 1.82) is 0 Å². The van der Waals surface area contributed by atoms with E-state index in [9.17, 15) is 5.11 Å². The van der Waals surface area contributed by atoms with Crippen LogP contribution in [0.25, 0.3) is 11.0 Å². The third-order valence-corrected chi connectivity index (χ3v) is 3.99. The lowest BCUT2D eigenvalue weighted by molar-refractivity contribution is 0.183. The number of para-hydroxylation sites is 3. The number of nitrogens with zero attached hydrogens (tertiary/aromatic N) is 2. The summed E-state index contributed by atoms with van der Waals surface area (Å²) in [6, 6.07) is 15.3. The Labute approximate surface area is 140 Å². The van der Waals surface area contributed by atoms with Gasteiger partial charge in [-0.05, 0) is 37.6 Å². The van der Waals surface area contributed by atoms with Crippen LogP contribution in [0, 0.1) is 0 Å². The highest BCUT2D eigenvalue weighted by atomic mass is 35.5. The van der Waals surface area contributed by atoms with Gasteiger partial charge in [-0.3, -0.25) is 0 Å². The first kappa shape index (κ1) is 15.8. The van der Waals surface area contributed by atoms with Crippen molar-refractivity contribution in [2.24, 2.45) is 0 Å². The van der Waals surface area contributed by atoms with Crippen molar-refractivity contribution < 1.29 is 9.84 Å². The topological polar surface area (TPSA) is 47.3 Å². The number of aromatic nitrogens is 2. The second-order valence-electron chi connectivity index (χ2n) is 5.42. The van der Waals surface area contributed by atoms with Crippen LogP contribution in [0.2, 0.25) is 5.02 Å². The van der Waals surface area contributed by atoms with E-state index in [2.05, 4.69) is 9.55 Å². The van der Waals surface area contributed by atoms with Crippen LogP contribution >= 0.6 is 11.6 Å². The summed E-state index contributed by atoms with van der Waals surface area (Å²) in [6.45, 7) is 3.01. The number of aliphatic hydroxyl groups is 1. The Morgan fingerprint density at radius 1 is 1.17 bits per heavy atom. The van der Waals surface area contributed by atoms with E-state index < -0.39 is 6.10 Å². The summed E-state index contributed by atoms with van der Waals surface area (Å²) in [5, 5.41) is 10.6. The number of halogens is 1. The SMILES string of the molecule is CC(O)c1nc2ccccc2n1CCCOc1ccccc1Cl. The van der Waals surface area contributed by atoms with Crippen LogP contribution in [0.1, 0.15) is 25.3 Å². The molecule has 0 spiro atoms. The molecule has 1 atom stereocenters. The predicted octanol–water partition coefficient (Wildman–Crippen LogP) is 4.21. The van der Waals surface area contributed by atoms with Crippen LogP contribution in [-0.4, -0.2) is 21.3 Å². The van der Waals surface area contributed by atoms with Crippen molar-refractivity contribution in [3.63, 3.8) is 0 Å². The van der Waals surface area contributed by atoms with Crippen LogP contribution in [0.3, 0.4) is 0 Å². The number of imidazole rings is 1. The van der Waals surface area contributed by atoms with Crippen molar-refractivity contribution in [2.75, 3.05) is 6.61 Å². The summed E-state index contributed by atoms with van der Waals surface area (Å²) in [5.41, 5.74) is 1.93. The first-order valence-electron chi connectivity index (χ1n) is 7.67. The molecule has 0 saturated carbocycles. The average molecular weight is 331 g/mol. The number of hydrogen-bond acceptors (Lipinski definition) is 3. The van der Waals surface area contributed by atoms with Crippen molar-refractivity contribution in [3.05, 3.63) is 59.4 Å². The van der Waals surface area contributed by atoms with E-state index >= 15 is 0 Å². The maximum Gasteiger partial charge on any atom is 0.138 e. The molecule has 0 bridgehead atoms. The Morgan fingerprint density at radius 3 is 2.70 bits per heavy atom. The third-order valence-electron chi connectivity index (χ3n) is 3.68. The van der Waals surface area contributed by atoms with Crippen LogP contribution < -0.4 is 4.74 Å². The van der Waals surface area contributed by atoms with Gasteiger partial charge in [0.25, 0.3) is 0 Å². The summed E-state index contributed by atoms with van der Waals surface area (Å²) in [7, 11) is 0. The summed E-state index contributed by atoms with van der Waals surface area (Å²) in [5.74, 6) is 1.38. The standard InChI is InChI=1S/C18H19ClN2O2/c1-13(22)18-20-15-8-3-4-9-16(15)21(18)11-6-12-23-17-10-5-2-7-14(17)19/h2-5,7-10,13,22H,6,11-12H2,1H3. The molecule has 1 unspecified atom stereocenters. The van der Waals surface area contributed by atoms with Crippen molar-refractivity contribution in [2.45, 2.75) is 26.0 Å². The largest absolute Gasteiger partial charge is 0.492 e. The average Bonchev–Trinajstić information content (AvgIpc) is 2.92. The van der Waals surface area contributed by atoms with Crippen molar-refractivity contribution >= 4 is 22.6 Å². The van der Waals surface area contributed by atoms with Crippen LogP contribution in [-0.2, 0) is 6.54 Å². The number of benzene rings is 2. The summed E-state index contributed by atoms with van der Waals surface area (Å²) in [4.78, 5) is 4.51. The first-order chi connectivity index (χ1) is 11.2. The fraction of sp³-hybridized carbons (Fsp3) is 0.278. The normalized spacial score (nSPS) is 12.5. The highest BCUT2D eigenvalue weighted by Crippen LogP contribution is 2.24. The van der Waals surface area contributed by atoms with E-state index in [-0.39, 0.29) is 0 Å². The van der Waals surface area contributed by atoms with Crippen molar-refractivity contribution in [1.82, 2.24) is 9.55 Å². The molecule has 2 aromatic carbocycles. The molecule has 4 nitrogen and oxygen atoms in total. The molecule has 0 saturated heterocycles. The zero-order valence-electron chi connectivity index (χ0n) is 12.9. The maximum absolute atomic E-state index is 9.94. The van der Waals surface area contributed by atoms with E-state index in [1.807, 2.05) is 48.5 Å². The molecular formula is C18H19ClN2O2. The minimum Gasteiger partial charge on any atom is -0.492 e. The van der Waals surface area contributed by atoms with Gasteiger partial charge in [-0.15, -0.1) is 0 Å². The summed E-state index contributed by atoms with van der Waals surface area (Å²) >= 11 is 6.07. The second-order valence-corrected chi connectivity index (χ2v) is 5.83. The van der Waals surface area contributed by atoms with Crippen LogP contribution in [0.5, 0.6) is 5.75 Å². The molecular weight excluding hydrogens is 312 g/mol. The Hall–Kier alpha value is -2.04. The van der Waals surface area contributed by atoms with Gasteiger partial charge in [0.15, 0.2) is 0 Å². The van der Waals surface area contributed by atoms with Crippen molar-refractivity contribution in [3.8, 4) is 5.75 Å². The molecule has 120 valence electrons. The molecule has 0 aliphatic carbocycles. The molecule has 0 amide bonds. The van der Waals surface area contributed by atoms with Gasteiger partial charge < -0.3 is 14.4 Å². The van der Waals surface area contributed by atoms with Gasteiger partial charge in [0.2, 0.25) is 0 Å². The second kappa shape index (κ2) is 7.02. The van der Waals surface area contributed by atoms with E-state index in [1.54, 1.807) is 6.92 Å². The lowest BCUT2D eigenvalue weighted by Crippen LogP contribution is -2.10. The third kappa shape index (κ3) is 3.49. The Balaban J connectivity index is 1.69. The molecule has 5 heteroatoms. The van der Waals surface area contributed by atoms with Gasteiger partial charge in [0.05, 0.1) is 22.7 Å². The summed E-state index contributed by atoms with van der Waals surface area (Å²) in [6.07, 6.45) is 0.192. The summed E-state index contributed by atoms with van der Waals surface area (Å²) < 4.78 is 7.77. The highest BCUT2D eigenvalue weighted by molar-refractivity contribution is 6.32. The molecule has 3 aromatic rings. The smallest absolute Gasteiger partial charge is 0.138 e. The van der Waals surface area contributed by atoms with E-state index in [0.717, 1.165) is 24.0 Å². The van der Waals surface area contributed by atoms with Gasteiger partial charge >= 0.3 is 0 Å². The number of rotatable bonds is 6. The zero-order valence-corrected chi connectivity index (χ0v) is 13.7. The molecule has 0 aliphatic rings. The molecule has 0 aliphatic heterocycles. The maximum atomic E-state index is 9.94. The Bertz CT molecular complexity index is 799. The predicted molar refractivity (Wildman–Crippen MR) is 91.9 cm³/mol.